The maximum Gasteiger partial charge on any atom is 0.410 e. The monoisotopic (exact) mass is 320 g/mol. The van der Waals surface area contributed by atoms with Crippen molar-refractivity contribution in [1.82, 2.24) is 9.88 Å². The van der Waals surface area contributed by atoms with Crippen LogP contribution in [0.4, 0.5) is 4.79 Å². The molecule has 2 aliphatic rings. The van der Waals surface area contributed by atoms with Gasteiger partial charge in [0.1, 0.15) is 17.5 Å². The molecule has 5 nitrogen and oxygen atoms in total. The summed E-state index contributed by atoms with van der Waals surface area (Å²) in [7, 11) is 0. The topological polar surface area (TPSA) is 51.7 Å². The summed E-state index contributed by atoms with van der Waals surface area (Å²) < 4.78 is 11.3. The number of nitrogens with zero attached hydrogens (tertiary/aromatic N) is 2. The number of likely N-dealkylation sites (tertiary alicyclic amines) is 1. The molecular formula is C18H28N2O3. The summed E-state index contributed by atoms with van der Waals surface area (Å²) in [6.07, 6.45) is 5.54. The van der Waals surface area contributed by atoms with Gasteiger partial charge >= 0.3 is 6.09 Å². The highest BCUT2D eigenvalue weighted by atomic mass is 16.6. The van der Waals surface area contributed by atoms with Gasteiger partial charge in [-0.3, -0.25) is 4.98 Å². The molecule has 1 amide bonds. The first-order valence-corrected chi connectivity index (χ1v) is 8.40. The lowest BCUT2D eigenvalue weighted by Gasteiger charge is -2.58. The summed E-state index contributed by atoms with van der Waals surface area (Å²) in [6, 6.07) is 3.75. The SMILES string of the molecule is CC.CC(C)(C)OC(=O)N1CC2(CC(Oc3ccncc3)C2)C1. The highest BCUT2D eigenvalue weighted by molar-refractivity contribution is 5.69. The molecule has 5 heteroatoms. The van der Waals surface area contributed by atoms with Gasteiger partial charge in [0.25, 0.3) is 0 Å². The maximum absolute atomic E-state index is 11.9. The number of carbonyl (C=O) groups is 1. The minimum atomic E-state index is -0.424. The van der Waals surface area contributed by atoms with Crippen LogP contribution in [-0.2, 0) is 4.74 Å². The number of ether oxygens (including phenoxy) is 2. The Morgan fingerprint density at radius 2 is 1.78 bits per heavy atom. The molecule has 1 aliphatic heterocycles. The Kier molecular flexibility index (Phi) is 5.17. The number of carbonyl (C=O) groups excluding carboxylic acids is 1. The van der Waals surface area contributed by atoms with Gasteiger partial charge in [-0.1, -0.05) is 13.8 Å². The van der Waals surface area contributed by atoms with E-state index in [1.807, 2.05) is 46.8 Å². The summed E-state index contributed by atoms with van der Waals surface area (Å²) in [4.78, 5) is 17.7. The average molecular weight is 320 g/mol. The summed E-state index contributed by atoms with van der Waals surface area (Å²) in [6.45, 7) is 11.3. The van der Waals surface area contributed by atoms with Crippen LogP contribution >= 0.6 is 0 Å². The molecule has 2 fully saturated rings. The molecule has 1 aromatic rings. The van der Waals surface area contributed by atoms with E-state index in [4.69, 9.17) is 9.47 Å². The molecule has 2 heterocycles. The van der Waals surface area contributed by atoms with Gasteiger partial charge in [0, 0.05) is 30.9 Å². The summed E-state index contributed by atoms with van der Waals surface area (Å²) >= 11 is 0. The van der Waals surface area contributed by atoms with E-state index in [9.17, 15) is 4.79 Å². The van der Waals surface area contributed by atoms with Crippen LogP contribution in [0, 0.1) is 5.41 Å². The number of rotatable bonds is 2. The van der Waals surface area contributed by atoms with Gasteiger partial charge < -0.3 is 14.4 Å². The van der Waals surface area contributed by atoms with Crippen LogP contribution in [0.1, 0.15) is 47.5 Å². The maximum atomic E-state index is 11.9. The number of hydrogen-bond acceptors (Lipinski definition) is 4. The molecule has 128 valence electrons. The fourth-order valence-corrected chi connectivity index (χ4v) is 3.08. The fourth-order valence-electron chi connectivity index (χ4n) is 3.08. The van der Waals surface area contributed by atoms with Crippen molar-refractivity contribution in [3.8, 4) is 5.75 Å². The molecule has 0 atom stereocenters. The van der Waals surface area contributed by atoms with Gasteiger partial charge in [-0.25, -0.2) is 4.79 Å². The lowest BCUT2D eigenvalue weighted by atomic mass is 9.62. The highest BCUT2D eigenvalue weighted by Gasteiger charge is 2.55. The summed E-state index contributed by atoms with van der Waals surface area (Å²) in [5, 5.41) is 0. The highest BCUT2D eigenvalue weighted by Crippen LogP contribution is 2.49. The zero-order valence-corrected chi connectivity index (χ0v) is 14.8. The van der Waals surface area contributed by atoms with Crippen LogP contribution in [0.25, 0.3) is 0 Å². The molecule has 23 heavy (non-hydrogen) atoms. The number of pyridine rings is 1. The van der Waals surface area contributed by atoms with E-state index in [1.54, 1.807) is 17.3 Å². The van der Waals surface area contributed by atoms with Crippen molar-refractivity contribution < 1.29 is 14.3 Å². The first-order chi connectivity index (χ1) is 10.9. The molecule has 0 N–H and O–H groups in total. The second-order valence-corrected chi connectivity index (χ2v) is 7.17. The zero-order valence-electron chi connectivity index (χ0n) is 14.8. The van der Waals surface area contributed by atoms with E-state index in [-0.39, 0.29) is 17.6 Å². The first-order valence-electron chi connectivity index (χ1n) is 8.40. The van der Waals surface area contributed by atoms with E-state index in [0.717, 1.165) is 31.7 Å². The van der Waals surface area contributed by atoms with Crippen molar-refractivity contribution in [2.75, 3.05) is 13.1 Å². The standard InChI is InChI=1S/C16H22N2O3.C2H6/c1-15(2,3)21-14(19)18-10-16(11-18)8-13(9-16)20-12-4-6-17-7-5-12;1-2/h4-7,13H,8-11H2,1-3H3;1-2H3. The lowest BCUT2D eigenvalue weighted by molar-refractivity contribution is -0.116. The van der Waals surface area contributed by atoms with Crippen molar-refractivity contribution in [3.63, 3.8) is 0 Å². The van der Waals surface area contributed by atoms with Crippen LogP contribution in [0.5, 0.6) is 5.75 Å². The van der Waals surface area contributed by atoms with Crippen LogP contribution in [0.2, 0.25) is 0 Å². The van der Waals surface area contributed by atoms with E-state index >= 15 is 0 Å². The number of aromatic nitrogens is 1. The Balaban J connectivity index is 0.000000924. The molecule has 0 bridgehead atoms. The van der Waals surface area contributed by atoms with Crippen molar-refractivity contribution in [2.24, 2.45) is 5.41 Å². The quantitative estimate of drug-likeness (QED) is 0.829. The van der Waals surface area contributed by atoms with Crippen molar-refractivity contribution in [1.29, 1.82) is 0 Å². The summed E-state index contributed by atoms with van der Waals surface area (Å²) in [5.74, 6) is 0.869. The van der Waals surface area contributed by atoms with Gasteiger partial charge in [0.15, 0.2) is 0 Å². The predicted octanol–water partition coefficient (Wildman–Crippen LogP) is 3.89. The zero-order chi connectivity index (χ0) is 17.1. The first kappa shape index (κ1) is 17.6. The Morgan fingerprint density at radius 3 is 2.30 bits per heavy atom. The third-order valence-electron chi connectivity index (χ3n) is 3.98. The fraction of sp³-hybridized carbons (Fsp3) is 0.667. The van der Waals surface area contributed by atoms with Crippen LogP contribution in [-0.4, -0.2) is 40.8 Å². The number of amides is 1. The molecule has 1 aliphatic carbocycles. The largest absolute Gasteiger partial charge is 0.490 e. The van der Waals surface area contributed by atoms with Gasteiger partial charge in [0.05, 0.1) is 0 Å². The molecule has 3 rings (SSSR count). The Morgan fingerprint density at radius 1 is 1.22 bits per heavy atom. The number of hydrogen-bond donors (Lipinski definition) is 0. The Labute approximate surface area is 139 Å². The third-order valence-corrected chi connectivity index (χ3v) is 3.98. The van der Waals surface area contributed by atoms with Crippen LogP contribution in [0.15, 0.2) is 24.5 Å². The second-order valence-electron chi connectivity index (χ2n) is 7.17. The molecular weight excluding hydrogens is 292 g/mol. The Bertz CT molecular complexity index is 511. The van der Waals surface area contributed by atoms with E-state index < -0.39 is 5.60 Å². The van der Waals surface area contributed by atoms with Crippen molar-refractivity contribution in [2.45, 2.75) is 59.2 Å². The average Bonchev–Trinajstić information content (AvgIpc) is 2.41. The molecule has 1 saturated carbocycles. The van der Waals surface area contributed by atoms with E-state index in [0.29, 0.717) is 0 Å². The molecule has 1 aromatic heterocycles. The smallest absolute Gasteiger partial charge is 0.410 e. The van der Waals surface area contributed by atoms with Gasteiger partial charge in [-0.05, 0) is 45.7 Å². The normalized spacial score (nSPS) is 19.1. The minimum Gasteiger partial charge on any atom is -0.490 e. The van der Waals surface area contributed by atoms with Crippen molar-refractivity contribution in [3.05, 3.63) is 24.5 Å². The van der Waals surface area contributed by atoms with Crippen molar-refractivity contribution >= 4 is 6.09 Å². The molecule has 0 aromatic carbocycles. The van der Waals surface area contributed by atoms with Gasteiger partial charge in [-0.2, -0.15) is 0 Å². The predicted molar refractivity (Wildman–Crippen MR) is 89.5 cm³/mol. The van der Waals surface area contributed by atoms with Crippen LogP contribution < -0.4 is 4.74 Å². The molecule has 0 radical (unpaired) electrons. The lowest BCUT2D eigenvalue weighted by Crippen LogP contribution is -2.66. The minimum absolute atomic E-state index is 0.202. The third kappa shape index (κ3) is 4.36. The molecule has 1 saturated heterocycles. The second kappa shape index (κ2) is 6.77. The molecule has 0 unspecified atom stereocenters. The van der Waals surface area contributed by atoms with Gasteiger partial charge in [-0.15, -0.1) is 0 Å². The van der Waals surface area contributed by atoms with Gasteiger partial charge in [0.2, 0.25) is 0 Å². The van der Waals surface area contributed by atoms with E-state index in [2.05, 4.69) is 4.98 Å². The Hall–Kier alpha value is -1.78. The summed E-state index contributed by atoms with van der Waals surface area (Å²) in [5.41, 5.74) is -0.166. The van der Waals surface area contributed by atoms with E-state index in [1.165, 1.54) is 0 Å². The van der Waals surface area contributed by atoms with Crippen LogP contribution in [0.3, 0.4) is 0 Å². The molecule has 1 spiro atoms.